The molecule has 3 N–H and O–H groups in total. The van der Waals surface area contributed by atoms with Crippen LogP contribution in [0.5, 0.6) is 0 Å². The molecule has 0 amide bonds. The van der Waals surface area contributed by atoms with Crippen molar-refractivity contribution in [3.63, 3.8) is 0 Å². The van der Waals surface area contributed by atoms with Gasteiger partial charge in [-0.1, -0.05) is 164 Å². The Morgan fingerprint density at radius 2 is 0.877 bits per heavy atom. The van der Waals surface area contributed by atoms with Crippen molar-refractivity contribution in [2.24, 2.45) is 0 Å². The van der Waals surface area contributed by atoms with E-state index >= 15 is 0 Å². The van der Waals surface area contributed by atoms with Gasteiger partial charge in [-0.15, -0.1) is 0 Å². The molecule has 0 saturated heterocycles. The zero-order valence-corrected chi connectivity index (χ0v) is 36.8. The van der Waals surface area contributed by atoms with Crippen molar-refractivity contribution in [1.82, 2.24) is 0 Å². The molecule has 1 atom stereocenters. The van der Waals surface area contributed by atoms with Gasteiger partial charge in [-0.05, 0) is 83.5 Å². The molecule has 0 aromatic rings. The first-order chi connectivity index (χ1) is 27.8. The van der Waals surface area contributed by atoms with Gasteiger partial charge in [0.15, 0.2) is 6.10 Å². The maximum absolute atomic E-state index is 12.4. The highest BCUT2D eigenvalue weighted by Gasteiger charge is 2.22. The number of carbonyl (C=O) groups excluding carboxylic acids is 2. The van der Waals surface area contributed by atoms with Gasteiger partial charge in [0, 0.05) is 19.4 Å². The highest BCUT2D eigenvalue weighted by molar-refractivity contribution is 7.46. The van der Waals surface area contributed by atoms with Crippen LogP contribution < -0.4 is 0 Å². The molecule has 9 nitrogen and oxygen atoms in total. The van der Waals surface area contributed by atoms with Crippen LogP contribution in [0, 0.1) is 0 Å². The minimum atomic E-state index is -4.78. The van der Waals surface area contributed by atoms with Gasteiger partial charge in [0.2, 0.25) is 0 Å². The monoisotopic (exact) mass is 823 g/mol. The second kappa shape index (κ2) is 43.3. The number of phosphoric acid groups is 1. The number of hydrogen-bond donors (Lipinski definition) is 3. The minimum Gasteiger partial charge on any atom is -0.462 e. The van der Waals surface area contributed by atoms with Crippen LogP contribution >= 0.6 is 7.82 Å². The number of aliphatic hydroxyl groups is 1. The first kappa shape index (κ1) is 54.7. The SMILES string of the molecule is CCCCCCCC/C=C\CCCCCCCCCCCCCC(=O)OC[C@H](COP(=O)(O)O)OC(=O)CCC/C=C\C/C=C\C/C=C\C/C=C\CCCCCO. The van der Waals surface area contributed by atoms with Gasteiger partial charge in [0.25, 0.3) is 0 Å². The van der Waals surface area contributed by atoms with Crippen LogP contribution in [0.3, 0.4) is 0 Å². The Hall–Kier alpha value is -2.29. The van der Waals surface area contributed by atoms with E-state index in [4.69, 9.17) is 24.4 Å². The quantitative estimate of drug-likeness (QED) is 0.0237. The summed E-state index contributed by atoms with van der Waals surface area (Å²) in [6, 6.07) is 0. The van der Waals surface area contributed by atoms with E-state index in [0.29, 0.717) is 19.3 Å². The molecule has 0 heterocycles. The number of allylic oxidation sites excluding steroid dienone is 10. The number of ether oxygens (including phenoxy) is 2. The maximum atomic E-state index is 12.4. The molecule has 0 aliphatic carbocycles. The third-order valence-corrected chi connectivity index (χ3v) is 10.0. The molecule has 0 aliphatic rings. The fourth-order valence-electron chi connectivity index (χ4n) is 6.16. The molecule has 0 unspecified atom stereocenters. The molecule has 0 radical (unpaired) electrons. The average molecular weight is 823 g/mol. The maximum Gasteiger partial charge on any atom is 0.469 e. The number of aliphatic hydroxyl groups excluding tert-OH is 1. The van der Waals surface area contributed by atoms with Crippen molar-refractivity contribution in [3.8, 4) is 0 Å². The van der Waals surface area contributed by atoms with Crippen molar-refractivity contribution in [2.45, 2.75) is 206 Å². The summed E-state index contributed by atoms with van der Waals surface area (Å²) in [4.78, 5) is 42.9. The molecule has 0 bridgehead atoms. The van der Waals surface area contributed by atoms with E-state index < -0.39 is 32.5 Å². The third kappa shape index (κ3) is 46.3. The van der Waals surface area contributed by atoms with E-state index in [0.717, 1.165) is 64.2 Å². The van der Waals surface area contributed by atoms with Gasteiger partial charge in [-0.2, -0.15) is 0 Å². The van der Waals surface area contributed by atoms with Crippen molar-refractivity contribution < 1.29 is 43.0 Å². The molecule has 330 valence electrons. The first-order valence-corrected chi connectivity index (χ1v) is 24.2. The third-order valence-electron chi connectivity index (χ3n) is 9.56. The fourth-order valence-corrected chi connectivity index (χ4v) is 6.52. The lowest BCUT2D eigenvalue weighted by molar-refractivity contribution is -0.161. The van der Waals surface area contributed by atoms with E-state index in [9.17, 15) is 14.2 Å². The van der Waals surface area contributed by atoms with Crippen molar-refractivity contribution in [3.05, 3.63) is 60.8 Å². The number of hydrogen-bond acceptors (Lipinski definition) is 7. The predicted octanol–water partition coefficient (Wildman–Crippen LogP) is 13.0. The lowest BCUT2D eigenvalue weighted by Gasteiger charge is -2.18. The summed E-state index contributed by atoms with van der Waals surface area (Å²) in [5.74, 6) is -0.964. The molecule has 0 aromatic heterocycles. The standard InChI is InChI=1S/C47H83O9P/c1-2-3-4-5-6-7-8-9-10-11-12-13-14-16-19-22-25-28-31-34-37-40-46(49)54-43-45(44-55-57(51,52)53)56-47(50)41-38-35-32-29-26-23-20-17-15-18-21-24-27-30-33-36-39-42-48/h9-10,15,18,20,23-24,27,29,32,45,48H,2-8,11-14,16-17,19,21-22,25-26,28,30-31,33-44H2,1H3,(H2,51,52,53)/b10-9-,18-15-,23-20-,27-24-,32-29-/t45-/m1/s1. The van der Waals surface area contributed by atoms with E-state index in [2.05, 4.69) is 60.1 Å². The van der Waals surface area contributed by atoms with E-state index in [-0.39, 0.29) is 26.1 Å². The Morgan fingerprint density at radius 3 is 1.35 bits per heavy atom. The zero-order valence-electron chi connectivity index (χ0n) is 35.9. The molecule has 0 fully saturated rings. The molecule has 10 heteroatoms. The summed E-state index contributed by atoms with van der Waals surface area (Å²) in [6.07, 6.45) is 52.5. The van der Waals surface area contributed by atoms with Crippen molar-refractivity contribution in [2.75, 3.05) is 19.8 Å². The van der Waals surface area contributed by atoms with Crippen LogP contribution in [-0.2, 0) is 28.2 Å². The summed E-state index contributed by atoms with van der Waals surface area (Å²) in [5.41, 5.74) is 0. The van der Waals surface area contributed by atoms with Crippen LogP contribution in [0.2, 0.25) is 0 Å². The van der Waals surface area contributed by atoms with Crippen LogP contribution in [0.4, 0.5) is 0 Å². The van der Waals surface area contributed by atoms with Crippen LogP contribution in [0.1, 0.15) is 200 Å². The van der Waals surface area contributed by atoms with Crippen LogP contribution in [0.25, 0.3) is 0 Å². The fraction of sp³-hybridized carbons (Fsp3) is 0.745. The number of unbranched alkanes of at least 4 members (excludes halogenated alkanes) is 21. The van der Waals surface area contributed by atoms with E-state index in [1.54, 1.807) is 0 Å². The summed E-state index contributed by atoms with van der Waals surface area (Å²) in [6.45, 7) is 1.66. The van der Waals surface area contributed by atoms with Gasteiger partial charge in [-0.25, -0.2) is 4.57 Å². The highest BCUT2D eigenvalue weighted by Crippen LogP contribution is 2.36. The lowest BCUT2D eigenvalue weighted by atomic mass is 10.0. The van der Waals surface area contributed by atoms with Crippen molar-refractivity contribution in [1.29, 1.82) is 0 Å². The zero-order chi connectivity index (χ0) is 41.8. The molecular formula is C47H83O9P. The lowest BCUT2D eigenvalue weighted by Crippen LogP contribution is -2.29. The molecule has 0 saturated carbocycles. The number of rotatable bonds is 42. The molecule has 0 spiro atoms. The van der Waals surface area contributed by atoms with Gasteiger partial charge in [0.05, 0.1) is 6.61 Å². The van der Waals surface area contributed by atoms with E-state index in [1.807, 2.05) is 12.2 Å². The summed E-state index contributed by atoms with van der Waals surface area (Å²) in [7, 11) is -4.78. The number of esters is 2. The Balaban J connectivity index is 3.95. The largest absolute Gasteiger partial charge is 0.469 e. The molecular weight excluding hydrogens is 739 g/mol. The minimum absolute atomic E-state index is 0.125. The molecule has 0 rings (SSSR count). The highest BCUT2D eigenvalue weighted by atomic mass is 31.2. The Kier molecular flexibility index (Phi) is 41.6. The number of phosphoric ester groups is 1. The van der Waals surface area contributed by atoms with E-state index in [1.165, 1.54) is 96.3 Å². The smallest absolute Gasteiger partial charge is 0.462 e. The summed E-state index contributed by atoms with van der Waals surface area (Å²) < 4.78 is 26.4. The normalized spacial score (nSPS) is 13.0. The predicted molar refractivity (Wildman–Crippen MR) is 236 cm³/mol. The second-order valence-corrected chi connectivity index (χ2v) is 16.3. The first-order valence-electron chi connectivity index (χ1n) is 22.7. The topological polar surface area (TPSA) is 140 Å². The van der Waals surface area contributed by atoms with Crippen LogP contribution in [-0.4, -0.2) is 52.8 Å². The summed E-state index contributed by atoms with van der Waals surface area (Å²) in [5, 5.41) is 8.78. The summed E-state index contributed by atoms with van der Waals surface area (Å²) >= 11 is 0. The Morgan fingerprint density at radius 1 is 0.491 bits per heavy atom. The van der Waals surface area contributed by atoms with Gasteiger partial charge >= 0.3 is 19.8 Å². The number of carbonyl (C=O) groups is 2. The van der Waals surface area contributed by atoms with Gasteiger partial charge in [-0.3, -0.25) is 14.1 Å². The Bertz CT molecular complexity index is 1110. The molecule has 0 aromatic carbocycles. The van der Waals surface area contributed by atoms with Gasteiger partial charge < -0.3 is 24.4 Å². The van der Waals surface area contributed by atoms with Gasteiger partial charge in [0.1, 0.15) is 6.61 Å². The average Bonchev–Trinajstić information content (AvgIpc) is 3.18. The van der Waals surface area contributed by atoms with Crippen LogP contribution in [0.15, 0.2) is 60.8 Å². The molecule has 0 aliphatic heterocycles. The second-order valence-electron chi connectivity index (χ2n) is 15.1. The Labute approximate surface area is 348 Å². The molecule has 57 heavy (non-hydrogen) atoms. The van der Waals surface area contributed by atoms with Crippen molar-refractivity contribution >= 4 is 19.8 Å².